The third-order valence-corrected chi connectivity index (χ3v) is 1.76. The molecule has 5 nitrogen and oxygen atoms in total. The first-order valence-electron chi connectivity index (χ1n) is 4.22. The number of H-pyrrole nitrogens is 1. The Morgan fingerprint density at radius 2 is 2.21 bits per heavy atom. The van der Waals surface area contributed by atoms with E-state index >= 15 is 0 Å². The number of primary amides is 1. The molecule has 5 heteroatoms. The van der Waals surface area contributed by atoms with Crippen LogP contribution in [0.1, 0.15) is 33.5 Å². The van der Waals surface area contributed by atoms with Crippen molar-refractivity contribution in [1.82, 2.24) is 4.98 Å². The van der Waals surface area contributed by atoms with Crippen molar-refractivity contribution in [2.24, 2.45) is 5.73 Å². The number of hydrogen-bond acceptors (Lipinski definition) is 3. The number of nitrogens with one attached hydrogen (secondary N) is 1. The lowest BCUT2D eigenvalue weighted by Crippen LogP contribution is -2.12. The predicted octanol–water partition coefficient (Wildman–Crippen LogP) is 0.599. The van der Waals surface area contributed by atoms with Crippen LogP contribution >= 0.6 is 0 Å². The summed E-state index contributed by atoms with van der Waals surface area (Å²) < 4.78 is 4.78. The normalized spacial score (nSPS) is 9.86. The summed E-state index contributed by atoms with van der Waals surface area (Å²) in [6.07, 6.45) is 0. The standard InChI is InChI=1S/C9H12N2O3/c1-3-14-9(13)7-5(2)4-6(11-7)8(10)12/h4,11H,3H2,1-2H3,(H2,10,12). The molecule has 0 aliphatic rings. The van der Waals surface area contributed by atoms with Crippen LogP contribution in [-0.4, -0.2) is 23.5 Å². The Hall–Kier alpha value is -1.78. The van der Waals surface area contributed by atoms with Gasteiger partial charge < -0.3 is 15.5 Å². The van der Waals surface area contributed by atoms with Crippen LogP contribution < -0.4 is 5.73 Å². The molecular weight excluding hydrogens is 184 g/mol. The maximum atomic E-state index is 11.3. The molecule has 1 rings (SSSR count). The molecule has 0 fully saturated rings. The molecule has 1 aromatic heterocycles. The zero-order chi connectivity index (χ0) is 10.7. The van der Waals surface area contributed by atoms with Gasteiger partial charge >= 0.3 is 5.97 Å². The van der Waals surface area contributed by atoms with Crippen LogP contribution in [0.25, 0.3) is 0 Å². The maximum absolute atomic E-state index is 11.3. The fourth-order valence-electron chi connectivity index (χ4n) is 1.11. The highest BCUT2D eigenvalue weighted by atomic mass is 16.5. The highest BCUT2D eigenvalue weighted by molar-refractivity contribution is 5.95. The van der Waals surface area contributed by atoms with E-state index in [1.54, 1.807) is 13.8 Å². The average molecular weight is 196 g/mol. The number of ether oxygens (including phenoxy) is 1. The molecule has 0 saturated carbocycles. The number of aromatic amines is 1. The third-order valence-electron chi connectivity index (χ3n) is 1.76. The van der Waals surface area contributed by atoms with Gasteiger partial charge in [-0.1, -0.05) is 0 Å². The molecule has 0 aromatic carbocycles. The molecule has 0 bridgehead atoms. The summed E-state index contributed by atoms with van der Waals surface area (Å²) in [5, 5.41) is 0. The second-order valence-corrected chi connectivity index (χ2v) is 2.83. The third kappa shape index (κ3) is 1.93. The first kappa shape index (κ1) is 10.3. The molecule has 0 unspecified atom stereocenters. The van der Waals surface area contributed by atoms with Gasteiger partial charge in [0.05, 0.1) is 6.61 Å². The molecule has 1 heterocycles. The number of aryl methyl sites for hydroxylation is 1. The van der Waals surface area contributed by atoms with Crippen LogP contribution in [0.5, 0.6) is 0 Å². The van der Waals surface area contributed by atoms with Crippen LogP contribution in [0.4, 0.5) is 0 Å². The van der Waals surface area contributed by atoms with Gasteiger partial charge in [-0.3, -0.25) is 4.79 Å². The van der Waals surface area contributed by atoms with Crippen molar-refractivity contribution in [2.75, 3.05) is 6.61 Å². The molecule has 1 amide bonds. The van der Waals surface area contributed by atoms with E-state index < -0.39 is 11.9 Å². The van der Waals surface area contributed by atoms with Gasteiger partial charge in [0.2, 0.25) is 0 Å². The van der Waals surface area contributed by atoms with E-state index in [2.05, 4.69) is 4.98 Å². The van der Waals surface area contributed by atoms with Crippen LogP contribution in [0, 0.1) is 6.92 Å². The fraction of sp³-hybridized carbons (Fsp3) is 0.333. The summed E-state index contributed by atoms with van der Waals surface area (Å²) in [5.74, 6) is -1.07. The molecule has 0 saturated heterocycles. The van der Waals surface area contributed by atoms with E-state index in [1.165, 1.54) is 6.07 Å². The molecule has 0 aliphatic heterocycles. The molecule has 0 spiro atoms. The summed E-state index contributed by atoms with van der Waals surface area (Å²) in [4.78, 5) is 24.7. The number of amides is 1. The van der Waals surface area contributed by atoms with Gasteiger partial charge in [-0.25, -0.2) is 4.79 Å². The minimum absolute atomic E-state index is 0.213. The van der Waals surface area contributed by atoms with Crippen molar-refractivity contribution in [3.63, 3.8) is 0 Å². The molecule has 3 N–H and O–H groups in total. The zero-order valence-electron chi connectivity index (χ0n) is 8.09. The molecule has 0 aliphatic carbocycles. The molecule has 76 valence electrons. The maximum Gasteiger partial charge on any atom is 0.355 e. The molecule has 14 heavy (non-hydrogen) atoms. The number of aromatic nitrogens is 1. The van der Waals surface area contributed by atoms with Crippen molar-refractivity contribution in [2.45, 2.75) is 13.8 Å². The second kappa shape index (κ2) is 3.95. The first-order chi connectivity index (χ1) is 6.56. The van der Waals surface area contributed by atoms with Crippen molar-refractivity contribution in [3.8, 4) is 0 Å². The number of rotatable bonds is 3. The summed E-state index contributed by atoms with van der Waals surface area (Å²) in [7, 11) is 0. The second-order valence-electron chi connectivity index (χ2n) is 2.83. The smallest absolute Gasteiger partial charge is 0.355 e. The lowest BCUT2D eigenvalue weighted by atomic mass is 10.2. The Bertz CT molecular complexity index is 368. The summed E-state index contributed by atoms with van der Waals surface area (Å²) >= 11 is 0. The van der Waals surface area contributed by atoms with Gasteiger partial charge in [0, 0.05) is 0 Å². The summed E-state index contributed by atoms with van der Waals surface area (Å²) in [6, 6.07) is 1.52. The summed E-state index contributed by atoms with van der Waals surface area (Å²) in [6.45, 7) is 3.71. The number of hydrogen-bond donors (Lipinski definition) is 2. The number of esters is 1. The monoisotopic (exact) mass is 196 g/mol. The Morgan fingerprint density at radius 1 is 1.57 bits per heavy atom. The lowest BCUT2D eigenvalue weighted by Gasteiger charge is -1.99. The topological polar surface area (TPSA) is 85.2 Å². The van der Waals surface area contributed by atoms with E-state index in [-0.39, 0.29) is 11.4 Å². The summed E-state index contributed by atoms with van der Waals surface area (Å²) in [5.41, 5.74) is 6.19. The van der Waals surface area contributed by atoms with E-state index in [1.807, 2.05) is 0 Å². The molecule has 1 aromatic rings. The Kier molecular flexibility index (Phi) is 2.91. The van der Waals surface area contributed by atoms with E-state index in [9.17, 15) is 9.59 Å². The van der Waals surface area contributed by atoms with Crippen LogP contribution in [0.2, 0.25) is 0 Å². The first-order valence-corrected chi connectivity index (χ1v) is 4.22. The minimum Gasteiger partial charge on any atom is -0.461 e. The molecular formula is C9H12N2O3. The average Bonchev–Trinajstić information content (AvgIpc) is 2.48. The quantitative estimate of drug-likeness (QED) is 0.694. The van der Waals surface area contributed by atoms with Crippen molar-refractivity contribution >= 4 is 11.9 Å². The number of carbonyl (C=O) groups excluding carboxylic acids is 2. The highest BCUT2D eigenvalue weighted by Crippen LogP contribution is 2.10. The Labute approximate surface area is 81.2 Å². The SMILES string of the molecule is CCOC(=O)c1[nH]c(C(N)=O)cc1C. The van der Waals surface area contributed by atoms with Gasteiger partial charge in [0.25, 0.3) is 5.91 Å². The number of nitrogens with two attached hydrogens (primary N) is 1. The van der Waals surface area contributed by atoms with Crippen LogP contribution in [0.15, 0.2) is 6.07 Å². The van der Waals surface area contributed by atoms with E-state index in [0.717, 1.165) is 0 Å². The van der Waals surface area contributed by atoms with Crippen LogP contribution in [-0.2, 0) is 4.74 Å². The Balaban J connectivity index is 2.98. The predicted molar refractivity (Wildman–Crippen MR) is 50.0 cm³/mol. The van der Waals surface area contributed by atoms with E-state index in [4.69, 9.17) is 10.5 Å². The van der Waals surface area contributed by atoms with Crippen molar-refractivity contribution < 1.29 is 14.3 Å². The fourth-order valence-corrected chi connectivity index (χ4v) is 1.11. The van der Waals surface area contributed by atoms with Crippen LogP contribution in [0.3, 0.4) is 0 Å². The van der Waals surface area contributed by atoms with E-state index in [0.29, 0.717) is 12.2 Å². The Morgan fingerprint density at radius 3 is 2.64 bits per heavy atom. The van der Waals surface area contributed by atoms with Crippen molar-refractivity contribution in [1.29, 1.82) is 0 Å². The van der Waals surface area contributed by atoms with Gasteiger partial charge in [-0.2, -0.15) is 0 Å². The van der Waals surface area contributed by atoms with Gasteiger partial charge in [0.1, 0.15) is 11.4 Å². The highest BCUT2D eigenvalue weighted by Gasteiger charge is 2.15. The van der Waals surface area contributed by atoms with Gasteiger partial charge in [0.15, 0.2) is 0 Å². The number of carbonyl (C=O) groups is 2. The minimum atomic E-state index is -0.594. The zero-order valence-corrected chi connectivity index (χ0v) is 8.09. The largest absolute Gasteiger partial charge is 0.461 e. The van der Waals surface area contributed by atoms with Gasteiger partial charge in [-0.05, 0) is 25.5 Å². The van der Waals surface area contributed by atoms with Gasteiger partial charge in [-0.15, -0.1) is 0 Å². The lowest BCUT2D eigenvalue weighted by molar-refractivity contribution is 0.0519. The molecule has 0 atom stereocenters. The molecule has 0 radical (unpaired) electrons. The van der Waals surface area contributed by atoms with Crippen molar-refractivity contribution in [3.05, 3.63) is 23.0 Å².